The fraction of sp³-hybridized carbons (Fsp3) is 0. The zero-order valence-electron chi connectivity index (χ0n) is 4.92. The van der Waals surface area contributed by atoms with E-state index in [1.807, 2.05) is 0 Å². The van der Waals surface area contributed by atoms with Crippen LogP contribution >= 0.6 is 0 Å². The molecule has 0 aromatic rings. The second-order valence-corrected chi connectivity index (χ2v) is 0.238. The Morgan fingerprint density at radius 3 is 1.83 bits per heavy atom. The van der Waals surface area contributed by atoms with Crippen LogP contribution in [0.3, 0.4) is 0 Å². The van der Waals surface area contributed by atoms with Gasteiger partial charge in [-0.1, -0.05) is 0 Å². The van der Waals surface area contributed by atoms with Crippen LogP contribution in [-0.4, -0.2) is 61.3 Å². The molecule has 0 atom stereocenters. The minimum atomic E-state index is -1.50. The van der Waals surface area contributed by atoms with Crippen LogP contribution in [0.5, 0.6) is 0 Å². The van der Waals surface area contributed by atoms with Gasteiger partial charge in [0.05, 0.1) is 0 Å². The Hall–Kier alpha value is 0.641. The molecule has 0 unspecified atom stereocenters. The summed E-state index contributed by atoms with van der Waals surface area (Å²) in [6.07, 6.45) is 0. The summed E-state index contributed by atoms with van der Waals surface area (Å²) >= 11 is 0. The van der Waals surface area contributed by atoms with Crippen LogP contribution in [0.25, 0.3) is 0 Å². The van der Waals surface area contributed by atoms with Crippen molar-refractivity contribution in [3.63, 3.8) is 0 Å². The Morgan fingerprint density at radius 1 is 1.83 bits per heavy atom. The molecule has 0 spiro atoms. The smallest absolute Gasteiger partial charge is 1.00 e. The van der Waals surface area contributed by atoms with E-state index in [9.17, 15) is 0 Å². The second kappa shape index (κ2) is 9.16. The van der Waals surface area contributed by atoms with Gasteiger partial charge in [-0.15, -0.1) is 10.1 Å². The number of hydrogen-bond acceptors (Lipinski definition) is 2. The molecule has 0 heterocycles. The average Bonchev–Trinajstić information content (AvgIpc) is 0.811. The summed E-state index contributed by atoms with van der Waals surface area (Å²) in [5.41, 5.74) is 0. The largest absolute Gasteiger partial charge is 2.00 e. The first-order valence-electron chi connectivity index (χ1n) is 0.565. The summed E-state index contributed by atoms with van der Waals surface area (Å²) in [6.45, 7) is 0. The zero-order chi connectivity index (χ0) is 3.58. The molecule has 0 saturated heterocycles. The van der Waals surface area contributed by atoms with Crippen LogP contribution in [0.15, 0.2) is 0 Å². The SMILES string of the molecule is O.O=[N+]([O-])O.[H-].[H-].[Sr+2]. The molecular weight excluding hydrogens is 166 g/mol. The van der Waals surface area contributed by atoms with Crippen molar-refractivity contribution >= 4 is 45.5 Å². The Labute approximate surface area is 73.6 Å². The standard InChI is InChI=1S/HNO3.H2O.Sr.2H/c2-1(3)4;;;;/h(H,2,3,4);1H2;;;/q;;+2;2*-1. The van der Waals surface area contributed by atoms with Crippen LogP contribution < -0.4 is 0 Å². The van der Waals surface area contributed by atoms with Crippen molar-refractivity contribution in [2.24, 2.45) is 0 Å². The molecule has 5 nitrogen and oxygen atoms in total. The summed E-state index contributed by atoms with van der Waals surface area (Å²) in [4.78, 5) is 8.36. The monoisotopic (exact) mass is 171 g/mol. The van der Waals surface area contributed by atoms with E-state index < -0.39 is 5.09 Å². The third kappa shape index (κ3) is 150. The maximum Gasteiger partial charge on any atom is 2.00 e. The summed E-state index contributed by atoms with van der Waals surface area (Å²) < 4.78 is 0. The zero-order valence-corrected chi connectivity index (χ0v) is 6.39. The molecule has 0 bridgehead atoms. The van der Waals surface area contributed by atoms with Gasteiger partial charge in [0.2, 0.25) is 0 Å². The first kappa shape index (κ1) is 15.9. The molecule has 0 saturated carbocycles. The minimum Gasteiger partial charge on any atom is -1.00 e. The molecule has 36 valence electrons. The summed E-state index contributed by atoms with van der Waals surface area (Å²) in [5, 5.41) is 13.6. The van der Waals surface area contributed by atoms with Crippen LogP contribution in [0.4, 0.5) is 0 Å². The van der Waals surface area contributed by atoms with E-state index in [2.05, 4.69) is 0 Å². The second-order valence-electron chi connectivity index (χ2n) is 0.238. The van der Waals surface area contributed by atoms with E-state index in [1.165, 1.54) is 0 Å². The van der Waals surface area contributed by atoms with E-state index in [0.717, 1.165) is 0 Å². The molecule has 0 fully saturated rings. The fourth-order valence-electron chi connectivity index (χ4n) is 0. The molecule has 3 N–H and O–H groups in total. The number of nitrogens with zero attached hydrogens (tertiary/aromatic N) is 1. The van der Waals surface area contributed by atoms with Gasteiger partial charge in [-0.25, -0.2) is 0 Å². The van der Waals surface area contributed by atoms with Gasteiger partial charge in [-0.3, -0.25) is 0 Å². The molecule has 0 amide bonds. The molecule has 0 aliphatic carbocycles. The third-order valence-corrected chi connectivity index (χ3v) is 0. The quantitative estimate of drug-likeness (QED) is 0.277. The van der Waals surface area contributed by atoms with Gasteiger partial charge < -0.3 is 13.5 Å². The maximum absolute atomic E-state index is 8.36. The van der Waals surface area contributed by atoms with Crippen LogP contribution in [-0.2, 0) is 0 Å². The molecule has 6 heteroatoms. The van der Waals surface area contributed by atoms with Gasteiger partial charge >= 0.3 is 45.5 Å². The van der Waals surface area contributed by atoms with Crippen molar-refractivity contribution in [1.29, 1.82) is 0 Å². The Kier molecular flexibility index (Phi) is 24.3. The predicted molar refractivity (Wildman–Crippen MR) is 20.4 cm³/mol. The number of rotatable bonds is 0. The summed E-state index contributed by atoms with van der Waals surface area (Å²) in [6, 6.07) is 0. The van der Waals surface area contributed by atoms with Crippen molar-refractivity contribution < 1.29 is 18.6 Å². The van der Waals surface area contributed by atoms with E-state index in [0.29, 0.717) is 0 Å². The van der Waals surface area contributed by atoms with Gasteiger partial charge in [0.15, 0.2) is 0 Å². The molecule has 0 radical (unpaired) electrons. The molecule has 6 heavy (non-hydrogen) atoms. The van der Waals surface area contributed by atoms with Gasteiger partial charge in [-0.2, -0.15) is 0 Å². The molecule has 0 aliphatic rings. The molecule has 0 aliphatic heterocycles. The summed E-state index contributed by atoms with van der Waals surface area (Å²) in [7, 11) is 0. The van der Waals surface area contributed by atoms with Crippen molar-refractivity contribution in [3.05, 3.63) is 10.1 Å². The van der Waals surface area contributed by atoms with Crippen LogP contribution in [0.2, 0.25) is 0 Å². The Morgan fingerprint density at radius 2 is 1.83 bits per heavy atom. The van der Waals surface area contributed by atoms with Gasteiger partial charge in [0, 0.05) is 0 Å². The van der Waals surface area contributed by atoms with E-state index in [-0.39, 0.29) is 53.8 Å². The molecule has 0 aromatic carbocycles. The topological polar surface area (TPSA) is 94.9 Å². The van der Waals surface area contributed by atoms with Crippen LogP contribution in [0, 0.1) is 10.1 Å². The maximum atomic E-state index is 8.36. The molecule has 0 aromatic heterocycles. The van der Waals surface area contributed by atoms with E-state index >= 15 is 0 Å². The van der Waals surface area contributed by atoms with Gasteiger partial charge in [0.1, 0.15) is 0 Å². The van der Waals surface area contributed by atoms with Crippen molar-refractivity contribution in [2.45, 2.75) is 0 Å². The fourth-order valence-corrected chi connectivity index (χ4v) is 0. The normalized spacial score (nSPS) is 4.00. The van der Waals surface area contributed by atoms with E-state index in [1.54, 1.807) is 0 Å². The van der Waals surface area contributed by atoms with Gasteiger partial charge in [-0.05, 0) is 0 Å². The summed E-state index contributed by atoms with van der Waals surface area (Å²) in [5.74, 6) is 0. The minimum absolute atomic E-state index is 0. The van der Waals surface area contributed by atoms with Crippen molar-refractivity contribution in [2.75, 3.05) is 0 Å². The van der Waals surface area contributed by atoms with Crippen molar-refractivity contribution in [1.82, 2.24) is 0 Å². The van der Waals surface area contributed by atoms with Crippen molar-refractivity contribution in [3.8, 4) is 0 Å². The van der Waals surface area contributed by atoms with Gasteiger partial charge in [0.25, 0.3) is 5.09 Å². The Bertz CT molecular complexity index is 37.0. The third-order valence-electron chi connectivity index (χ3n) is 0. The Balaban J connectivity index is -0.00000000750. The predicted octanol–water partition coefficient (Wildman–Crippen LogP) is -1.33. The first-order valence-corrected chi connectivity index (χ1v) is 0.565. The average molecular weight is 171 g/mol. The molecular formula is H5NO4Sr. The van der Waals surface area contributed by atoms with E-state index in [4.69, 9.17) is 15.3 Å². The number of hydrogen-bond donors (Lipinski definition) is 1. The first-order chi connectivity index (χ1) is 1.73. The van der Waals surface area contributed by atoms with Crippen LogP contribution in [0.1, 0.15) is 2.85 Å². The molecule has 0 rings (SSSR count).